The van der Waals surface area contributed by atoms with E-state index in [4.69, 9.17) is 5.11 Å². The number of carbonyl (C=O) groups is 1. The van der Waals surface area contributed by atoms with E-state index in [0.717, 1.165) is 25.7 Å². The number of aliphatic hydroxyl groups is 3. The van der Waals surface area contributed by atoms with Gasteiger partial charge in [0.2, 0.25) is 0 Å². The summed E-state index contributed by atoms with van der Waals surface area (Å²) in [4.78, 5) is 14.5. The minimum atomic E-state index is -0.851. The maximum atomic E-state index is 13.6. The zero-order valence-corrected chi connectivity index (χ0v) is 16.7. The molecule has 1 aromatic rings. The summed E-state index contributed by atoms with van der Waals surface area (Å²) in [6.45, 7) is 0. The maximum Gasteiger partial charge on any atom is 0.303 e. The van der Waals surface area contributed by atoms with E-state index in [1.165, 1.54) is 18.3 Å². The van der Waals surface area contributed by atoms with E-state index < -0.39 is 30.1 Å². The molecule has 0 bridgehead atoms. The zero-order valence-electron chi connectivity index (χ0n) is 16.7. The second kappa shape index (κ2) is 12.0. The first-order valence-corrected chi connectivity index (χ1v) is 10.4. The van der Waals surface area contributed by atoms with Gasteiger partial charge in [-0.1, -0.05) is 31.4 Å². The Morgan fingerprint density at radius 2 is 1.76 bits per heavy atom. The van der Waals surface area contributed by atoms with Gasteiger partial charge in [-0.15, -0.1) is 0 Å². The minimum absolute atomic E-state index is 0.0276. The summed E-state index contributed by atoms with van der Waals surface area (Å²) in [5, 5.41) is 39.4. The topological polar surface area (TPSA) is 110 Å². The lowest BCUT2D eigenvalue weighted by Crippen LogP contribution is -2.24. The molecule has 0 amide bonds. The van der Waals surface area contributed by atoms with Crippen molar-refractivity contribution in [1.29, 1.82) is 0 Å². The normalized spacial score (nSPS) is 25.5. The van der Waals surface area contributed by atoms with Crippen LogP contribution in [0, 0.1) is 17.7 Å². The van der Waals surface area contributed by atoms with Gasteiger partial charge < -0.3 is 20.4 Å². The van der Waals surface area contributed by atoms with Gasteiger partial charge in [-0.2, -0.15) is 0 Å². The summed E-state index contributed by atoms with van der Waals surface area (Å²) in [7, 11) is 0. The van der Waals surface area contributed by atoms with Crippen LogP contribution in [-0.2, 0) is 4.79 Å². The highest BCUT2D eigenvalue weighted by Gasteiger charge is 2.40. The third-order valence-corrected chi connectivity index (χ3v) is 5.73. The Hall–Kier alpha value is -1.83. The number of carboxylic acids is 1. The van der Waals surface area contributed by atoms with Crippen LogP contribution in [-0.4, -0.2) is 50.9 Å². The van der Waals surface area contributed by atoms with Crippen LogP contribution < -0.4 is 0 Å². The predicted molar refractivity (Wildman–Crippen MR) is 109 cm³/mol. The largest absolute Gasteiger partial charge is 0.481 e. The van der Waals surface area contributed by atoms with Gasteiger partial charge in [0.1, 0.15) is 5.82 Å². The van der Waals surface area contributed by atoms with E-state index in [0.29, 0.717) is 25.7 Å². The molecule has 1 aliphatic carbocycles. The standard InChI is InChI=1S/C22H32FNO5/c23-18-8-5-6-9-19(18)24-14-15(25)11-12-17-16(20(26)13-21(17)27)7-3-1-2-4-10-22(28)29/h5-6,8-9,14-17,20-21,25-27H,1-4,7,10-13H2,(H,28,29)/t15?,16?,17?,20-,21+/m0/s1. The van der Waals surface area contributed by atoms with Crippen LogP contribution in [0.25, 0.3) is 0 Å². The van der Waals surface area contributed by atoms with Gasteiger partial charge in [0.15, 0.2) is 0 Å². The molecule has 7 heteroatoms. The summed E-state index contributed by atoms with van der Waals surface area (Å²) in [6.07, 6.45) is 4.80. The second-order valence-electron chi connectivity index (χ2n) is 7.92. The SMILES string of the molecule is O=C(O)CCCCCCC1C(CCC(O)C=Nc2ccccc2F)[C@H](O)C[C@@H]1O. The van der Waals surface area contributed by atoms with Crippen molar-refractivity contribution in [1.82, 2.24) is 0 Å². The summed E-state index contributed by atoms with van der Waals surface area (Å²) < 4.78 is 13.6. The molecule has 4 N–H and O–H groups in total. The van der Waals surface area contributed by atoms with Crippen LogP contribution in [0.5, 0.6) is 0 Å². The molecule has 162 valence electrons. The zero-order chi connectivity index (χ0) is 21.2. The van der Waals surface area contributed by atoms with Gasteiger partial charge in [-0.3, -0.25) is 9.79 Å². The van der Waals surface area contributed by atoms with Gasteiger partial charge in [0, 0.05) is 12.6 Å². The highest BCUT2D eigenvalue weighted by Crippen LogP contribution is 2.39. The fraction of sp³-hybridized carbons (Fsp3) is 0.636. The number of halogens is 1. The van der Waals surface area contributed by atoms with Crippen LogP contribution in [0.1, 0.15) is 57.8 Å². The summed E-state index contributed by atoms with van der Waals surface area (Å²) in [5.41, 5.74) is 0.170. The number of benzene rings is 1. The second-order valence-corrected chi connectivity index (χ2v) is 7.92. The van der Waals surface area contributed by atoms with Crippen LogP contribution in [0.3, 0.4) is 0 Å². The molecule has 1 aromatic carbocycles. The molecule has 2 rings (SSSR count). The average Bonchev–Trinajstić information content (AvgIpc) is 2.94. The Kier molecular flexibility index (Phi) is 9.70. The first-order chi connectivity index (χ1) is 13.9. The molecule has 0 radical (unpaired) electrons. The Morgan fingerprint density at radius 1 is 1.10 bits per heavy atom. The smallest absolute Gasteiger partial charge is 0.303 e. The molecule has 6 nitrogen and oxygen atoms in total. The van der Waals surface area contributed by atoms with E-state index in [2.05, 4.69) is 4.99 Å². The molecular formula is C22H32FNO5. The Labute approximate surface area is 171 Å². The molecule has 1 saturated carbocycles. The molecule has 1 fully saturated rings. The van der Waals surface area contributed by atoms with E-state index in [1.807, 2.05) is 0 Å². The number of rotatable bonds is 12. The first-order valence-electron chi connectivity index (χ1n) is 10.4. The molecule has 0 heterocycles. The fourth-order valence-electron chi connectivity index (χ4n) is 4.15. The summed E-state index contributed by atoms with van der Waals surface area (Å²) in [5.74, 6) is -1.36. The van der Waals surface area contributed by atoms with Gasteiger partial charge >= 0.3 is 5.97 Å². The molecular weight excluding hydrogens is 377 g/mol. The van der Waals surface area contributed by atoms with Crippen molar-refractivity contribution in [3.05, 3.63) is 30.1 Å². The number of carboxylic acid groups (broad SMARTS) is 1. The Balaban J connectivity index is 1.77. The number of aliphatic imine (C=N–C) groups is 1. The van der Waals surface area contributed by atoms with Crippen molar-refractivity contribution in [2.45, 2.75) is 76.1 Å². The maximum absolute atomic E-state index is 13.6. The number of para-hydroxylation sites is 1. The van der Waals surface area contributed by atoms with Crippen molar-refractivity contribution in [3.8, 4) is 0 Å². The molecule has 3 unspecified atom stereocenters. The minimum Gasteiger partial charge on any atom is -0.481 e. The molecule has 0 aromatic heterocycles. The van der Waals surface area contributed by atoms with E-state index in [9.17, 15) is 24.5 Å². The van der Waals surface area contributed by atoms with Crippen LogP contribution in [0.4, 0.5) is 10.1 Å². The van der Waals surface area contributed by atoms with E-state index >= 15 is 0 Å². The predicted octanol–water partition coefficient (Wildman–Crippen LogP) is 3.45. The van der Waals surface area contributed by atoms with Crippen molar-refractivity contribution in [2.24, 2.45) is 16.8 Å². The van der Waals surface area contributed by atoms with Gasteiger partial charge in [-0.25, -0.2) is 4.39 Å². The van der Waals surface area contributed by atoms with Crippen LogP contribution in [0.15, 0.2) is 29.3 Å². The number of hydrogen-bond donors (Lipinski definition) is 4. The van der Waals surface area contributed by atoms with Gasteiger partial charge in [0.25, 0.3) is 0 Å². The third-order valence-electron chi connectivity index (χ3n) is 5.73. The lowest BCUT2D eigenvalue weighted by molar-refractivity contribution is -0.137. The number of aliphatic carboxylic acids is 1. The number of nitrogens with zero attached hydrogens (tertiary/aromatic N) is 1. The van der Waals surface area contributed by atoms with Crippen molar-refractivity contribution < 1.29 is 29.6 Å². The highest BCUT2D eigenvalue weighted by atomic mass is 19.1. The summed E-state index contributed by atoms with van der Waals surface area (Å²) in [6, 6.07) is 6.08. The third kappa shape index (κ3) is 7.84. The van der Waals surface area contributed by atoms with Crippen molar-refractivity contribution in [3.63, 3.8) is 0 Å². The number of hydrogen-bond acceptors (Lipinski definition) is 5. The number of unbranched alkanes of at least 4 members (excludes halogenated alkanes) is 3. The Morgan fingerprint density at radius 3 is 2.45 bits per heavy atom. The summed E-state index contributed by atoms with van der Waals surface area (Å²) >= 11 is 0. The quantitative estimate of drug-likeness (QED) is 0.312. The van der Waals surface area contributed by atoms with Gasteiger partial charge in [0.05, 0.1) is 24.0 Å². The lowest BCUT2D eigenvalue weighted by Gasteiger charge is -2.24. The molecule has 0 saturated heterocycles. The van der Waals surface area contributed by atoms with E-state index in [-0.39, 0.29) is 23.9 Å². The molecule has 0 spiro atoms. The average molecular weight is 409 g/mol. The van der Waals surface area contributed by atoms with Crippen molar-refractivity contribution >= 4 is 17.9 Å². The monoisotopic (exact) mass is 409 g/mol. The van der Waals surface area contributed by atoms with Crippen molar-refractivity contribution in [2.75, 3.05) is 0 Å². The molecule has 29 heavy (non-hydrogen) atoms. The fourth-order valence-corrected chi connectivity index (χ4v) is 4.15. The molecule has 1 aliphatic rings. The highest BCUT2D eigenvalue weighted by molar-refractivity contribution is 5.67. The number of aliphatic hydroxyl groups excluding tert-OH is 3. The molecule has 5 atom stereocenters. The Bertz CT molecular complexity index is 668. The van der Waals surface area contributed by atoms with Crippen LogP contribution in [0.2, 0.25) is 0 Å². The molecule has 0 aliphatic heterocycles. The van der Waals surface area contributed by atoms with E-state index in [1.54, 1.807) is 12.1 Å². The van der Waals surface area contributed by atoms with Gasteiger partial charge in [-0.05, 0) is 56.1 Å². The lowest BCUT2D eigenvalue weighted by atomic mass is 9.85. The first kappa shape index (κ1) is 23.4. The van der Waals surface area contributed by atoms with Crippen LogP contribution >= 0.6 is 0 Å².